The van der Waals surface area contributed by atoms with Crippen molar-refractivity contribution in [3.63, 3.8) is 0 Å². The summed E-state index contributed by atoms with van der Waals surface area (Å²) in [7, 11) is 0. The Labute approximate surface area is 166 Å². The third-order valence-corrected chi connectivity index (χ3v) is 5.29. The molecule has 1 aliphatic carbocycles. The van der Waals surface area contributed by atoms with Crippen LogP contribution in [0.15, 0.2) is 24.3 Å². The van der Waals surface area contributed by atoms with Crippen LogP contribution in [0.2, 0.25) is 0 Å². The Bertz CT molecular complexity index is 752. The number of anilines is 1. The molecule has 0 radical (unpaired) electrons. The molecule has 2 aliphatic rings. The Morgan fingerprint density at radius 1 is 1.07 bits per heavy atom. The Morgan fingerprint density at radius 2 is 1.75 bits per heavy atom. The van der Waals surface area contributed by atoms with Gasteiger partial charge in [-0.05, 0) is 51.7 Å². The van der Waals surface area contributed by atoms with E-state index >= 15 is 0 Å². The first-order valence-electron chi connectivity index (χ1n) is 10.0. The van der Waals surface area contributed by atoms with Gasteiger partial charge < -0.3 is 14.4 Å². The van der Waals surface area contributed by atoms with E-state index in [0.29, 0.717) is 19.4 Å². The van der Waals surface area contributed by atoms with Gasteiger partial charge in [0.1, 0.15) is 5.60 Å². The second-order valence-electron chi connectivity index (χ2n) is 8.56. The number of esters is 2. The van der Waals surface area contributed by atoms with Gasteiger partial charge in [-0.1, -0.05) is 31.0 Å². The number of rotatable bonds is 4. The summed E-state index contributed by atoms with van der Waals surface area (Å²) in [5.41, 5.74) is 1.48. The lowest BCUT2D eigenvalue weighted by molar-refractivity contribution is -0.170. The molecule has 1 fully saturated rings. The number of benzene rings is 1. The predicted molar refractivity (Wildman–Crippen MR) is 105 cm³/mol. The number of carbonyl (C=O) groups excluding carboxylic acids is 3. The van der Waals surface area contributed by atoms with Crippen molar-refractivity contribution in [3.05, 3.63) is 29.8 Å². The van der Waals surface area contributed by atoms with Crippen LogP contribution in [0.3, 0.4) is 0 Å². The van der Waals surface area contributed by atoms with E-state index in [9.17, 15) is 14.4 Å². The van der Waals surface area contributed by atoms with Crippen LogP contribution in [0.4, 0.5) is 5.69 Å². The highest BCUT2D eigenvalue weighted by atomic mass is 16.6. The van der Waals surface area contributed by atoms with Gasteiger partial charge in [-0.3, -0.25) is 9.59 Å². The minimum Gasteiger partial charge on any atom is -0.457 e. The normalized spacial score (nSPS) is 21.8. The number of amides is 1. The van der Waals surface area contributed by atoms with Crippen molar-refractivity contribution >= 4 is 23.5 Å². The van der Waals surface area contributed by atoms with Gasteiger partial charge in [-0.15, -0.1) is 0 Å². The van der Waals surface area contributed by atoms with E-state index in [4.69, 9.17) is 9.47 Å². The number of ether oxygens (including phenoxy) is 2. The number of hydrogen-bond acceptors (Lipinski definition) is 5. The zero-order valence-corrected chi connectivity index (χ0v) is 16.9. The average molecular weight is 387 g/mol. The molecular weight excluding hydrogens is 358 g/mol. The quantitative estimate of drug-likeness (QED) is 0.742. The molecule has 1 aliphatic heterocycles. The Kier molecular flexibility index (Phi) is 6.06. The van der Waals surface area contributed by atoms with Gasteiger partial charge in [-0.25, -0.2) is 4.79 Å². The van der Waals surface area contributed by atoms with Gasteiger partial charge >= 0.3 is 11.9 Å². The van der Waals surface area contributed by atoms with Crippen LogP contribution < -0.4 is 4.90 Å². The Hall–Kier alpha value is -2.37. The van der Waals surface area contributed by atoms with Gasteiger partial charge in [0.2, 0.25) is 5.91 Å². The van der Waals surface area contributed by atoms with Crippen LogP contribution in [0.25, 0.3) is 0 Å². The largest absolute Gasteiger partial charge is 0.457 e. The van der Waals surface area contributed by atoms with Crippen molar-refractivity contribution in [2.24, 2.45) is 11.8 Å². The SMILES string of the molecule is CC(C)(C)OC(=O)COC(=O)[C@@H]1CCCC[C@@H]1C(=O)N1CCc2ccccc21. The third-order valence-electron chi connectivity index (χ3n) is 5.29. The molecule has 1 heterocycles. The van der Waals surface area contributed by atoms with Crippen LogP contribution >= 0.6 is 0 Å². The molecule has 1 amide bonds. The van der Waals surface area contributed by atoms with E-state index in [2.05, 4.69) is 0 Å². The van der Waals surface area contributed by atoms with E-state index in [-0.39, 0.29) is 5.91 Å². The fraction of sp³-hybridized carbons (Fsp3) is 0.591. The molecule has 2 atom stereocenters. The molecule has 0 bridgehead atoms. The maximum absolute atomic E-state index is 13.2. The molecule has 3 rings (SSSR count). The predicted octanol–water partition coefficient (Wildman–Crippen LogP) is 3.27. The highest BCUT2D eigenvalue weighted by Gasteiger charge is 2.40. The summed E-state index contributed by atoms with van der Waals surface area (Å²) in [6.45, 7) is 5.51. The van der Waals surface area contributed by atoms with Crippen LogP contribution in [-0.2, 0) is 30.3 Å². The van der Waals surface area contributed by atoms with Crippen molar-refractivity contribution in [1.29, 1.82) is 0 Å². The van der Waals surface area contributed by atoms with Crippen LogP contribution in [-0.4, -0.2) is 36.6 Å². The van der Waals surface area contributed by atoms with Crippen LogP contribution in [0, 0.1) is 11.8 Å². The first-order chi connectivity index (χ1) is 13.3. The summed E-state index contributed by atoms with van der Waals surface area (Å²) in [4.78, 5) is 39.5. The number of nitrogens with zero attached hydrogens (tertiary/aromatic N) is 1. The van der Waals surface area contributed by atoms with E-state index in [0.717, 1.165) is 30.5 Å². The van der Waals surface area contributed by atoms with Crippen molar-refractivity contribution < 1.29 is 23.9 Å². The smallest absolute Gasteiger partial charge is 0.344 e. The van der Waals surface area contributed by atoms with E-state index in [1.807, 2.05) is 24.3 Å². The van der Waals surface area contributed by atoms with Crippen LogP contribution in [0.5, 0.6) is 0 Å². The summed E-state index contributed by atoms with van der Waals surface area (Å²) >= 11 is 0. The van der Waals surface area contributed by atoms with Crippen molar-refractivity contribution in [2.75, 3.05) is 18.1 Å². The highest BCUT2D eigenvalue weighted by Crippen LogP contribution is 2.36. The number of fused-ring (bicyclic) bond motifs is 1. The molecule has 0 aromatic heterocycles. The maximum Gasteiger partial charge on any atom is 0.344 e. The number of para-hydroxylation sites is 1. The minimum absolute atomic E-state index is 0.0103. The first kappa shape index (κ1) is 20.4. The lowest BCUT2D eigenvalue weighted by Crippen LogP contribution is -2.42. The molecule has 28 heavy (non-hydrogen) atoms. The van der Waals surface area contributed by atoms with Crippen molar-refractivity contribution in [1.82, 2.24) is 0 Å². The first-order valence-corrected chi connectivity index (χ1v) is 10.0. The fourth-order valence-corrected chi connectivity index (χ4v) is 4.08. The second kappa shape index (κ2) is 8.33. The summed E-state index contributed by atoms with van der Waals surface area (Å²) < 4.78 is 10.4. The molecule has 1 saturated carbocycles. The monoisotopic (exact) mass is 387 g/mol. The second-order valence-corrected chi connectivity index (χ2v) is 8.56. The zero-order valence-electron chi connectivity index (χ0n) is 16.9. The molecule has 0 spiro atoms. The summed E-state index contributed by atoms with van der Waals surface area (Å²) in [5.74, 6) is -1.96. The van der Waals surface area contributed by atoms with E-state index in [1.54, 1.807) is 25.7 Å². The van der Waals surface area contributed by atoms with Crippen molar-refractivity contribution in [2.45, 2.75) is 58.5 Å². The summed E-state index contributed by atoms with van der Waals surface area (Å²) in [5, 5.41) is 0. The zero-order chi connectivity index (χ0) is 20.3. The molecule has 152 valence electrons. The maximum atomic E-state index is 13.2. The van der Waals surface area contributed by atoms with Gasteiger partial charge in [0, 0.05) is 12.2 Å². The molecule has 6 heteroatoms. The standard InChI is InChI=1S/C22H29NO5/c1-22(2,3)28-19(24)14-27-21(26)17-10-6-5-9-16(17)20(25)23-13-12-15-8-4-7-11-18(15)23/h4,7-8,11,16-17H,5-6,9-10,12-14H2,1-3H3/t16-,17+/m0/s1. The Balaban J connectivity index is 1.65. The third kappa shape index (κ3) is 4.72. The lowest BCUT2D eigenvalue weighted by atomic mass is 9.78. The van der Waals surface area contributed by atoms with Gasteiger partial charge in [-0.2, -0.15) is 0 Å². The molecule has 0 saturated heterocycles. The lowest BCUT2D eigenvalue weighted by Gasteiger charge is -2.32. The molecule has 6 nitrogen and oxygen atoms in total. The summed E-state index contributed by atoms with van der Waals surface area (Å²) in [6.07, 6.45) is 3.92. The van der Waals surface area contributed by atoms with Crippen molar-refractivity contribution in [3.8, 4) is 0 Å². The Morgan fingerprint density at radius 3 is 2.46 bits per heavy atom. The minimum atomic E-state index is -0.629. The molecule has 1 aromatic carbocycles. The summed E-state index contributed by atoms with van der Waals surface area (Å²) in [6, 6.07) is 7.90. The molecule has 1 aromatic rings. The highest BCUT2D eigenvalue weighted by molar-refractivity contribution is 5.99. The van der Waals surface area contributed by atoms with E-state index in [1.165, 1.54) is 0 Å². The molecule has 0 unspecified atom stereocenters. The topological polar surface area (TPSA) is 72.9 Å². The fourth-order valence-electron chi connectivity index (χ4n) is 4.08. The average Bonchev–Trinajstić information content (AvgIpc) is 3.08. The number of carbonyl (C=O) groups is 3. The van der Waals surface area contributed by atoms with Crippen LogP contribution in [0.1, 0.15) is 52.0 Å². The van der Waals surface area contributed by atoms with Gasteiger partial charge in [0.15, 0.2) is 6.61 Å². The number of hydrogen-bond donors (Lipinski definition) is 0. The van der Waals surface area contributed by atoms with Gasteiger partial charge in [0.25, 0.3) is 0 Å². The molecular formula is C22H29NO5. The van der Waals surface area contributed by atoms with E-state index < -0.39 is 36.0 Å². The molecule has 0 N–H and O–H groups in total. The van der Waals surface area contributed by atoms with Gasteiger partial charge in [0.05, 0.1) is 11.8 Å².